The number of aromatic nitrogens is 3. The summed E-state index contributed by atoms with van der Waals surface area (Å²) < 4.78 is 0. The Morgan fingerprint density at radius 3 is 1.79 bits per heavy atom. The van der Waals surface area contributed by atoms with Crippen LogP contribution in [-0.4, -0.2) is 31.9 Å². The standard InChI is InChI=1S/C33H39N3O2/c1-6-7-8-9-10-11-12-25-15-18-28(30(38)29(25)37)33-35-31(26-16-13-21(2)19-23(26)4)34-32(36-33)27-17-14-22(3)20-24(27)5/h13-20,30,38H,6-12H2,1-5H3. The lowest BCUT2D eigenvalue weighted by Crippen LogP contribution is -2.27. The van der Waals surface area contributed by atoms with Gasteiger partial charge in [0.25, 0.3) is 0 Å². The molecule has 1 aliphatic carbocycles. The molecule has 0 fully saturated rings. The van der Waals surface area contributed by atoms with Crippen LogP contribution in [0, 0.1) is 27.7 Å². The van der Waals surface area contributed by atoms with Crippen molar-refractivity contribution < 1.29 is 9.90 Å². The first-order valence-electron chi connectivity index (χ1n) is 13.8. The average Bonchev–Trinajstić information content (AvgIpc) is 2.88. The van der Waals surface area contributed by atoms with E-state index in [0.717, 1.165) is 46.2 Å². The molecule has 0 radical (unpaired) electrons. The zero-order valence-corrected chi connectivity index (χ0v) is 23.3. The topological polar surface area (TPSA) is 76.0 Å². The van der Waals surface area contributed by atoms with Crippen molar-refractivity contribution in [3.8, 4) is 22.8 Å². The van der Waals surface area contributed by atoms with E-state index in [4.69, 9.17) is 15.0 Å². The summed E-state index contributed by atoms with van der Waals surface area (Å²) in [7, 11) is 0. The molecule has 4 rings (SSSR count). The Labute approximate surface area is 226 Å². The number of aryl methyl sites for hydroxylation is 4. The first-order chi connectivity index (χ1) is 18.3. The van der Waals surface area contributed by atoms with Crippen LogP contribution in [0.3, 0.4) is 0 Å². The maximum absolute atomic E-state index is 13.1. The summed E-state index contributed by atoms with van der Waals surface area (Å²) in [6.07, 6.45) is 10.0. The van der Waals surface area contributed by atoms with Crippen molar-refractivity contribution in [3.05, 3.63) is 82.2 Å². The molecule has 0 bridgehead atoms. The second kappa shape index (κ2) is 12.4. The van der Waals surface area contributed by atoms with Crippen LogP contribution < -0.4 is 0 Å². The smallest absolute Gasteiger partial charge is 0.191 e. The lowest BCUT2D eigenvalue weighted by Gasteiger charge is -2.20. The van der Waals surface area contributed by atoms with Gasteiger partial charge in [-0.15, -0.1) is 0 Å². The second-order valence-electron chi connectivity index (χ2n) is 10.5. The Balaban J connectivity index is 1.72. The summed E-state index contributed by atoms with van der Waals surface area (Å²) in [5, 5.41) is 11.1. The minimum atomic E-state index is -1.28. The number of aliphatic hydroxyl groups is 1. The zero-order valence-electron chi connectivity index (χ0n) is 23.3. The van der Waals surface area contributed by atoms with E-state index in [1.807, 2.05) is 50.3 Å². The van der Waals surface area contributed by atoms with E-state index >= 15 is 0 Å². The van der Waals surface area contributed by atoms with Gasteiger partial charge >= 0.3 is 0 Å². The highest BCUT2D eigenvalue weighted by atomic mass is 16.3. The number of nitrogens with zero attached hydrogens (tertiary/aromatic N) is 3. The van der Waals surface area contributed by atoms with E-state index in [-0.39, 0.29) is 5.78 Å². The van der Waals surface area contributed by atoms with Crippen LogP contribution in [0.5, 0.6) is 0 Å². The van der Waals surface area contributed by atoms with E-state index in [9.17, 15) is 9.90 Å². The van der Waals surface area contributed by atoms with Gasteiger partial charge in [0.1, 0.15) is 6.10 Å². The number of allylic oxidation sites excluding steroid dienone is 2. The molecule has 1 aromatic heterocycles. The fourth-order valence-corrected chi connectivity index (χ4v) is 5.05. The Hall–Kier alpha value is -3.44. The molecule has 198 valence electrons. The van der Waals surface area contributed by atoms with E-state index in [2.05, 4.69) is 32.9 Å². The summed E-state index contributed by atoms with van der Waals surface area (Å²) in [6, 6.07) is 12.3. The third-order valence-corrected chi connectivity index (χ3v) is 7.26. The third-order valence-electron chi connectivity index (χ3n) is 7.26. The lowest BCUT2D eigenvalue weighted by atomic mass is 9.90. The van der Waals surface area contributed by atoms with Crippen LogP contribution in [0.15, 0.2) is 54.1 Å². The fourth-order valence-electron chi connectivity index (χ4n) is 5.05. The van der Waals surface area contributed by atoms with Crippen molar-refractivity contribution in [2.24, 2.45) is 0 Å². The SMILES string of the molecule is CCCCCCCCC1=CC=C(c2nc(-c3ccc(C)cc3C)nc(-c3ccc(C)cc3C)n2)C(O)C1=O. The van der Waals surface area contributed by atoms with Gasteiger partial charge in [-0.2, -0.15) is 0 Å². The Kier molecular flexibility index (Phi) is 9.01. The predicted octanol–water partition coefficient (Wildman–Crippen LogP) is 7.44. The molecule has 0 saturated heterocycles. The van der Waals surface area contributed by atoms with Crippen molar-refractivity contribution in [2.45, 2.75) is 85.7 Å². The second-order valence-corrected chi connectivity index (χ2v) is 10.5. The van der Waals surface area contributed by atoms with Gasteiger partial charge in [-0.25, -0.2) is 15.0 Å². The van der Waals surface area contributed by atoms with Crippen LogP contribution in [0.2, 0.25) is 0 Å². The van der Waals surface area contributed by atoms with Crippen LogP contribution in [0.1, 0.15) is 79.9 Å². The van der Waals surface area contributed by atoms with Crippen molar-refractivity contribution in [2.75, 3.05) is 0 Å². The molecule has 5 nitrogen and oxygen atoms in total. The monoisotopic (exact) mass is 509 g/mol. The molecule has 1 atom stereocenters. The maximum Gasteiger partial charge on any atom is 0.191 e. The maximum atomic E-state index is 13.1. The van der Waals surface area contributed by atoms with Crippen LogP contribution >= 0.6 is 0 Å². The van der Waals surface area contributed by atoms with Gasteiger partial charge < -0.3 is 5.11 Å². The summed E-state index contributed by atoms with van der Waals surface area (Å²) in [4.78, 5) is 27.5. The van der Waals surface area contributed by atoms with Crippen LogP contribution in [0.25, 0.3) is 28.3 Å². The number of unbranched alkanes of at least 4 members (excludes halogenated alkanes) is 5. The minimum Gasteiger partial charge on any atom is -0.380 e. The number of ketones is 1. The molecule has 3 aromatic rings. The average molecular weight is 510 g/mol. The fraction of sp³-hybridized carbons (Fsp3) is 0.394. The molecule has 0 amide bonds. The number of aliphatic hydroxyl groups excluding tert-OH is 1. The Bertz CT molecular complexity index is 1320. The number of benzene rings is 2. The van der Waals surface area contributed by atoms with E-state index < -0.39 is 6.10 Å². The van der Waals surface area contributed by atoms with Gasteiger partial charge in [0.2, 0.25) is 0 Å². The van der Waals surface area contributed by atoms with Gasteiger partial charge in [0, 0.05) is 16.7 Å². The van der Waals surface area contributed by atoms with E-state index in [1.165, 1.54) is 25.7 Å². The lowest BCUT2D eigenvalue weighted by molar-refractivity contribution is -0.121. The van der Waals surface area contributed by atoms with Gasteiger partial charge in [0.05, 0.1) is 0 Å². The van der Waals surface area contributed by atoms with E-state index in [1.54, 1.807) is 0 Å². The molecule has 1 N–H and O–H groups in total. The number of hydrogen-bond donors (Lipinski definition) is 1. The quantitative estimate of drug-likeness (QED) is 0.287. The number of Topliss-reactive ketones (excluding diaryl/α,β-unsaturated/α-hetero) is 1. The van der Waals surface area contributed by atoms with Crippen LogP contribution in [-0.2, 0) is 4.79 Å². The minimum absolute atomic E-state index is 0.252. The van der Waals surface area contributed by atoms with Crippen molar-refractivity contribution in [1.29, 1.82) is 0 Å². The molecule has 38 heavy (non-hydrogen) atoms. The number of carbonyl (C=O) groups excluding carboxylic acids is 1. The first-order valence-corrected chi connectivity index (χ1v) is 13.8. The number of carbonyl (C=O) groups is 1. The summed E-state index contributed by atoms with van der Waals surface area (Å²) in [5.41, 5.74) is 7.34. The van der Waals surface area contributed by atoms with Crippen molar-refractivity contribution in [3.63, 3.8) is 0 Å². The van der Waals surface area contributed by atoms with Gasteiger partial charge in [-0.05, 0) is 57.2 Å². The summed E-state index contributed by atoms with van der Waals surface area (Å²) >= 11 is 0. The summed E-state index contributed by atoms with van der Waals surface area (Å²) in [6.45, 7) is 10.4. The molecule has 0 spiro atoms. The third kappa shape index (κ3) is 6.33. The predicted molar refractivity (Wildman–Crippen MR) is 155 cm³/mol. The molecule has 5 heteroatoms. The zero-order chi connectivity index (χ0) is 27.2. The molecule has 2 aromatic carbocycles. The van der Waals surface area contributed by atoms with Crippen molar-refractivity contribution in [1.82, 2.24) is 15.0 Å². The normalized spacial score (nSPS) is 15.4. The largest absolute Gasteiger partial charge is 0.380 e. The molecule has 0 saturated carbocycles. The van der Waals surface area contributed by atoms with Crippen molar-refractivity contribution >= 4 is 11.4 Å². The molecule has 1 unspecified atom stereocenters. The first kappa shape index (κ1) is 27.6. The van der Waals surface area contributed by atoms with Gasteiger partial charge in [-0.1, -0.05) is 98.7 Å². The molecule has 0 aliphatic heterocycles. The highest BCUT2D eigenvalue weighted by molar-refractivity contribution is 6.08. The Morgan fingerprint density at radius 1 is 0.711 bits per heavy atom. The molecular weight excluding hydrogens is 470 g/mol. The number of hydrogen-bond acceptors (Lipinski definition) is 5. The Morgan fingerprint density at radius 2 is 1.24 bits per heavy atom. The highest BCUT2D eigenvalue weighted by Crippen LogP contribution is 2.31. The van der Waals surface area contributed by atoms with Crippen LogP contribution in [0.4, 0.5) is 0 Å². The highest BCUT2D eigenvalue weighted by Gasteiger charge is 2.29. The molecule has 1 aliphatic rings. The molecule has 1 heterocycles. The van der Waals surface area contributed by atoms with Gasteiger partial charge in [0.15, 0.2) is 23.3 Å². The summed E-state index contributed by atoms with van der Waals surface area (Å²) in [5.74, 6) is 1.15. The van der Waals surface area contributed by atoms with Gasteiger partial charge in [-0.3, -0.25) is 4.79 Å². The number of rotatable bonds is 10. The molecular formula is C33H39N3O2. The van der Waals surface area contributed by atoms with E-state index in [0.29, 0.717) is 35.0 Å².